The summed E-state index contributed by atoms with van der Waals surface area (Å²) in [4.78, 5) is 7.93. The molecule has 0 aliphatic carbocycles. The zero-order valence-electron chi connectivity index (χ0n) is 13.7. The lowest BCUT2D eigenvalue weighted by atomic mass is 9.98. The van der Waals surface area contributed by atoms with Crippen molar-refractivity contribution in [3.63, 3.8) is 0 Å². The van der Waals surface area contributed by atoms with Crippen molar-refractivity contribution in [2.45, 2.75) is 37.8 Å². The van der Waals surface area contributed by atoms with Crippen LogP contribution in [0.3, 0.4) is 0 Å². The Morgan fingerprint density at radius 3 is 2.70 bits per heavy atom. The van der Waals surface area contributed by atoms with Gasteiger partial charge in [0.25, 0.3) is 0 Å². The molecule has 3 rings (SSSR count). The molecule has 4 heteroatoms. The molecule has 1 heterocycles. The van der Waals surface area contributed by atoms with Gasteiger partial charge in [0.15, 0.2) is 0 Å². The summed E-state index contributed by atoms with van der Waals surface area (Å²) < 4.78 is 0. The summed E-state index contributed by atoms with van der Waals surface area (Å²) in [6, 6.07) is 14.7. The van der Waals surface area contributed by atoms with Crippen molar-refractivity contribution in [1.29, 1.82) is 0 Å². The Bertz CT molecular complexity index is 737. The Labute approximate surface area is 143 Å². The average Bonchev–Trinajstić information content (AvgIpc) is 2.54. The maximum atomic E-state index is 6.17. The number of benzene rings is 2. The lowest BCUT2D eigenvalue weighted by molar-refractivity contribution is 0.203. The topological polar surface area (TPSA) is 41.6 Å². The normalized spacial score (nSPS) is 15.7. The van der Waals surface area contributed by atoms with Gasteiger partial charge in [0.05, 0.1) is 5.69 Å². The zero-order valence-corrected chi connectivity index (χ0v) is 14.6. The molecule has 2 aromatic carbocycles. The minimum Gasteiger partial charge on any atom is -0.383 e. The highest BCUT2D eigenvalue weighted by molar-refractivity contribution is 7.80. The van der Waals surface area contributed by atoms with E-state index >= 15 is 0 Å². The largest absolute Gasteiger partial charge is 0.383 e. The van der Waals surface area contributed by atoms with Crippen LogP contribution in [0, 0.1) is 0 Å². The van der Waals surface area contributed by atoms with E-state index < -0.39 is 0 Å². The lowest BCUT2D eigenvalue weighted by Gasteiger charge is -2.32. The van der Waals surface area contributed by atoms with Gasteiger partial charge in [-0.2, -0.15) is 0 Å². The molecule has 0 radical (unpaired) electrons. The summed E-state index contributed by atoms with van der Waals surface area (Å²) in [5.74, 6) is 0.507. The summed E-state index contributed by atoms with van der Waals surface area (Å²) in [6.45, 7) is 6.60. The quantitative estimate of drug-likeness (QED) is 0.512. The molecule has 0 aromatic heterocycles. The van der Waals surface area contributed by atoms with E-state index in [9.17, 15) is 0 Å². The van der Waals surface area contributed by atoms with E-state index in [2.05, 4.69) is 54.6 Å². The average molecular weight is 325 g/mol. The van der Waals surface area contributed by atoms with Crippen molar-refractivity contribution in [2.75, 3.05) is 6.54 Å². The third kappa shape index (κ3) is 3.59. The first kappa shape index (κ1) is 16.1. The molecular weight excluding hydrogens is 302 g/mol. The van der Waals surface area contributed by atoms with Gasteiger partial charge in [-0.3, -0.25) is 4.90 Å². The van der Waals surface area contributed by atoms with Crippen molar-refractivity contribution in [2.24, 2.45) is 10.7 Å². The van der Waals surface area contributed by atoms with Crippen molar-refractivity contribution in [3.05, 3.63) is 59.2 Å². The number of fused-ring (bicyclic) bond motifs is 1. The van der Waals surface area contributed by atoms with Crippen LogP contribution in [0.5, 0.6) is 0 Å². The van der Waals surface area contributed by atoms with E-state index in [1.807, 2.05) is 24.3 Å². The van der Waals surface area contributed by atoms with Gasteiger partial charge in [-0.05, 0) is 49.6 Å². The number of nitrogens with two attached hydrogens (primary N) is 1. The van der Waals surface area contributed by atoms with E-state index in [4.69, 9.17) is 5.73 Å². The third-order valence-electron chi connectivity index (χ3n) is 4.39. The fourth-order valence-corrected chi connectivity index (χ4v) is 3.24. The molecule has 3 nitrogen and oxygen atoms in total. The van der Waals surface area contributed by atoms with Crippen LogP contribution in [0.15, 0.2) is 52.4 Å². The van der Waals surface area contributed by atoms with Crippen molar-refractivity contribution < 1.29 is 0 Å². The highest BCUT2D eigenvalue weighted by Crippen LogP contribution is 2.26. The maximum absolute atomic E-state index is 6.17. The second-order valence-electron chi connectivity index (χ2n) is 6.28. The second kappa shape index (κ2) is 6.77. The molecule has 1 aliphatic rings. The number of amidine groups is 1. The molecule has 2 N–H and O–H groups in total. The maximum Gasteiger partial charge on any atom is 0.132 e. The molecule has 0 unspecified atom stereocenters. The predicted molar refractivity (Wildman–Crippen MR) is 99.8 cm³/mol. The molecule has 0 saturated heterocycles. The molecular formula is C19H23N3S. The highest BCUT2D eigenvalue weighted by atomic mass is 32.1. The highest BCUT2D eigenvalue weighted by Gasteiger charge is 2.18. The standard InChI is InChI=1S/C19H23N3S/c1-13(2)22-10-9-14-7-8-16(11-15(14)12-22)21-19(20)17-5-3-4-6-18(17)23/h3-8,11,13,23H,9-10,12H2,1-2H3,(H2,20,21). The second-order valence-corrected chi connectivity index (χ2v) is 6.76. The fraction of sp³-hybridized carbons (Fsp3) is 0.316. The van der Waals surface area contributed by atoms with E-state index in [-0.39, 0.29) is 0 Å². The third-order valence-corrected chi connectivity index (χ3v) is 4.78. The number of nitrogens with zero attached hydrogens (tertiary/aromatic N) is 2. The molecule has 23 heavy (non-hydrogen) atoms. The number of rotatable bonds is 3. The van der Waals surface area contributed by atoms with Crippen molar-refractivity contribution >= 4 is 24.2 Å². The molecule has 120 valence electrons. The smallest absolute Gasteiger partial charge is 0.132 e. The molecule has 0 amide bonds. The SMILES string of the molecule is CC(C)N1CCc2ccc(N=C(N)c3ccccc3S)cc2C1. The Kier molecular flexibility index (Phi) is 4.74. The Morgan fingerprint density at radius 2 is 1.96 bits per heavy atom. The first-order valence-corrected chi connectivity index (χ1v) is 8.47. The molecule has 0 atom stereocenters. The van der Waals surface area contributed by atoms with Crippen molar-refractivity contribution in [1.82, 2.24) is 4.90 Å². The van der Waals surface area contributed by atoms with Gasteiger partial charge in [0, 0.05) is 29.6 Å². The van der Waals surface area contributed by atoms with Gasteiger partial charge in [0.2, 0.25) is 0 Å². The number of hydrogen-bond acceptors (Lipinski definition) is 3. The summed E-state index contributed by atoms with van der Waals surface area (Å²) >= 11 is 4.45. The summed E-state index contributed by atoms with van der Waals surface area (Å²) in [5, 5.41) is 0. The molecule has 0 saturated carbocycles. The molecule has 0 bridgehead atoms. The molecule has 0 spiro atoms. The zero-order chi connectivity index (χ0) is 16.4. The van der Waals surface area contributed by atoms with Crippen molar-refractivity contribution in [3.8, 4) is 0 Å². The Hall–Kier alpha value is -1.78. The van der Waals surface area contributed by atoms with Crippen LogP contribution in [0.4, 0.5) is 5.69 Å². The first-order valence-electron chi connectivity index (χ1n) is 8.03. The Balaban J connectivity index is 1.89. The summed E-state index contributed by atoms with van der Waals surface area (Å²) in [7, 11) is 0. The monoisotopic (exact) mass is 325 g/mol. The predicted octanol–water partition coefficient (Wildman–Crippen LogP) is 3.78. The molecule has 1 aliphatic heterocycles. The van der Waals surface area contributed by atoms with E-state index in [0.29, 0.717) is 11.9 Å². The first-order chi connectivity index (χ1) is 11.0. The van der Waals surface area contributed by atoms with Crippen LogP contribution in [0.2, 0.25) is 0 Å². The van der Waals surface area contributed by atoms with Gasteiger partial charge in [-0.1, -0.05) is 24.3 Å². The van der Waals surface area contributed by atoms with Gasteiger partial charge >= 0.3 is 0 Å². The van der Waals surface area contributed by atoms with Crippen LogP contribution in [-0.4, -0.2) is 23.3 Å². The van der Waals surface area contributed by atoms with E-state index in [0.717, 1.165) is 35.7 Å². The van der Waals surface area contributed by atoms with Crippen LogP contribution < -0.4 is 5.73 Å². The number of thiol groups is 1. The summed E-state index contributed by atoms with van der Waals surface area (Å²) in [6.07, 6.45) is 1.10. The molecule has 2 aromatic rings. The minimum absolute atomic E-state index is 0.507. The lowest BCUT2D eigenvalue weighted by Crippen LogP contribution is -2.35. The van der Waals surface area contributed by atoms with E-state index in [1.165, 1.54) is 11.1 Å². The van der Waals surface area contributed by atoms with Gasteiger partial charge in [-0.15, -0.1) is 12.6 Å². The van der Waals surface area contributed by atoms with Crippen LogP contribution in [0.1, 0.15) is 30.5 Å². The molecule has 0 fully saturated rings. The van der Waals surface area contributed by atoms with Gasteiger partial charge in [-0.25, -0.2) is 4.99 Å². The van der Waals surface area contributed by atoms with Crippen LogP contribution in [-0.2, 0) is 13.0 Å². The van der Waals surface area contributed by atoms with Crippen LogP contribution in [0.25, 0.3) is 0 Å². The fourth-order valence-electron chi connectivity index (χ4n) is 2.97. The van der Waals surface area contributed by atoms with E-state index in [1.54, 1.807) is 0 Å². The summed E-state index contributed by atoms with van der Waals surface area (Å²) in [5.41, 5.74) is 10.7. The Morgan fingerprint density at radius 1 is 1.17 bits per heavy atom. The number of hydrogen-bond donors (Lipinski definition) is 2. The van der Waals surface area contributed by atoms with Crippen LogP contribution >= 0.6 is 12.6 Å². The van der Waals surface area contributed by atoms with Gasteiger partial charge < -0.3 is 5.73 Å². The van der Waals surface area contributed by atoms with Gasteiger partial charge in [0.1, 0.15) is 5.84 Å². The number of aliphatic imine (C=N–C) groups is 1. The minimum atomic E-state index is 0.507.